The summed E-state index contributed by atoms with van der Waals surface area (Å²) in [7, 11) is 0. The number of aliphatic hydroxyl groups is 1. The zero-order valence-corrected chi connectivity index (χ0v) is 21.2. The molecule has 3 aromatic rings. The fraction of sp³-hybridized carbons (Fsp3) is 0.375. The van der Waals surface area contributed by atoms with E-state index in [1.165, 1.54) is 0 Å². The molecular weight excluding hydrogens is 502 g/mol. The summed E-state index contributed by atoms with van der Waals surface area (Å²) in [6.07, 6.45) is -0.675. The van der Waals surface area contributed by atoms with Crippen molar-refractivity contribution in [3.63, 3.8) is 0 Å². The number of carbonyl (C=O) groups is 4. The molecule has 5 N–H and O–H groups in total. The Morgan fingerprint density at radius 3 is 2.16 bits per heavy atom. The predicted octanol–water partition coefficient (Wildman–Crippen LogP) is 2.06. The molecule has 14 nitrogen and oxygen atoms in total. The standard InChI is InChI=1S/C18H21N5O2.C6H8O7/c1-11(2)23-15(9-10-19-23)17(24)20-13(4)18-21-16(22-25-18)14-8-6-5-7-12(14)3;7-3(8)1-6(13,5(11)12)2-4(9)10/h5-11,13H,1-4H3,(H,20,24);13H,1-2H2,(H,7,8)(H,9,10)(H,11,12). The Bertz CT molecular complexity index is 1280. The number of hydrogen-bond donors (Lipinski definition) is 5. The Hall–Kier alpha value is -4.59. The number of rotatable bonds is 10. The SMILES string of the molecule is Cc1ccccc1-c1noc(C(C)NC(=O)c2ccnn2C(C)C)n1.O=C(O)CC(O)(CC(=O)O)C(=O)O. The van der Waals surface area contributed by atoms with Gasteiger partial charge in [0, 0.05) is 17.8 Å². The molecule has 0 bridgehead atoms. The van der Waals surface area contributed by atoms with Gasteiger partial charge in [0.1, 0.15) is 11.7 Å². The van der Waals surface area contributed by atoms with Crippen LogP contribution >= 0.6 is 0 Å². The van der Waals surface area contributed by atoms with Gasteiger partial charge in [0.05, 0.1) is 12.8 Å². The van der Waals surface area contributed by atoms with Gasteiger partial charge < -0.3 is 30.3 Å². The minimum atomic E-state index is -2.74. The average Bonchev–Trinajstić information content (AvgIpc) is 3.49. The molecule has 1 aromatic carbocycles. The highest BCUT2D eigenvalue weighted by Crippen LogP contribution is 2.22. The Labute approximate surface area is 216 Å². The maximum Gasteiger partial charge on any atom is 0.336 e. The monoisotopic (exact) mass is 531 g/mol. The molecule has 0 aliphatic rings. The van der Waals surface area contributed by atoms with E-state index in [-0.39, 0.29) is 11.9 Å². The highest BCUT2D eigenvalue weighted by Gasteiger charge is 2.40. The van der Waals surface area contributed by atoms with Crippen LogP contribution in [-0.2, 0) is 14.4 Å². The van der Waals surface area contributed by atoms with Gasteiger partial charge in [0.15, 0.2) is 5.60 Å². The number of hydrogen-bond acceptors (Lipinski definition) is 9. The lowest BCUT2D eigenvalue weighted by Crippen LogP contribution is -2.42. The first-order valence-corrected chi connectivity index (χ1v) is 11.4. The summed E-state index contributed by atoms with van der Waals surface area (Å²) in [6, 6.07) is 9.19. The fourth-order valence-corrected chi connectivity index (χ4v) is 3.30. The molecule has 1 amide bonds. The number of amides is 1. The molecule has 2 heterocycles. The number of nitrogens with zero attached hydrogens (tertiary/aromatic N) is 4. The maximum absolute atomic E-state index is 12.5. The van der Waals surface area contributed by atoms with Crippen LogP contribution in [0.15, 0.2) is 41.1 Å². The van der Waals surface area contributed by atoms with Gasteiger partial charge in [0.25, 0.3) is 5.91 Å². The number of carboxylic acids is 3. The van der Waals surface area contributed by atoms with Gasteiger partial charge in [-0.2, -0.15) is 10.1 Å². The molecule has 14 heteroatoms. The first-order chi connectivity index (χ1) is 17.7. The Morgan fingerprint density at radius 1 is 1.03 bits per heavy atom. The molecule has 1 unspecified atom stereocenters. The summed E-state index contributed by atoms with van der Waals surface area (Å²) >= 11 is 0. The van der Waals surface area contributed by atoms with Crippen molar-refractivity contribution >= 4 is 23.8 Å². The minimum Gasteiger partial charge on any atom is -0.481 e. The number of carboxylic acid groups (broad SMARTS) is 3. The summed E-state index contributed by atoms with van der Waals surface area (Å²) in [4.78, 5) is 47.4. The molecule has 0 saturated carbocycles. The summed E-state index contributed by atoms with van der Waals surface area (Å²) in [5.74, 6) is -4.37. The van der Waals surface area contributed by atoms with Crippen molar-refractivity contribution in [2.24, 2.45) is 0 Å². The van der Waals surface area contributed by atoms with E-state index < -0.39 is 42.4 Å². The topological polar surface area (TPSA) is 218 Å². The molecule has 1 atom stereocenters. The second-order valence-corrected chi connectivity index (χ2v) is 8.70. The normalized spacial score (nSPS) is 11.8. The third kappa shape index (κ3) is 7.70. The lowest BCUT2D eigenvalue weighted by molar-refractivity contribution is -0.170. The third-order valence-corrected chi connectivity index (χ3v) is 5.22. The second-order valence-electron chi connectivity index (χ2n) is 8.70. The fourth-order valence-electron chi connectivity index (χ4n) is 3.30. The Morgan fingerprint density at radius 2 is 1.63 bits per heavy atom. The lowest BCUT2D eigenvalue weighted by atomic mass is 9.96. The number of aliphatic carboxylic acids is 3. The number of benzene rings is 1. The Kier molecular flexibility index (Phi) is 9.81. The summed E-state index contributed by atoms with van der Waals surface area (Å²) in [5, 5.41) is 44.9. The predicted molar refractivity (Wildman–Crippen MR) is 130 cm³/mol. The van der Waals surface area contributed by atoms with Crippen molar-refractivity contribution in [2.75, 3.05) is 0 Å². The van der Waals surface area contributed by atoms with Crippen LogP contribution in [-0.4, -0.2) is 69.8 Å². The first kappa shape index (κ1) is 29.6. The summed E-state index contributed by atoms with van der Waals surface area (Å²) in [6.45, 7) is 7.74. The summed E-state index contributed by atoms with van der Waals surface area (Å²) < 4.78 is 7.01. The molecule has 0 aliphatic heterocycles. The highest BCUT2D eigenvalue weighted by atomic mass is 16.5. The van der Waals surface area contributed by atoms with Crippen molar-refractivity contribution in [3.8, 4) is 11.4 Å². The number of nitrogens with one attached hydrogen (secondary N) is 1. The van der Waals surface area contributed by atoms with Crippen molar-refractivity contribution in [2.45, 2.75) is 58.2 Å². The maximum atomic E-state index is 12.5. The highest BCUT2D eigenvalue weighted by molar-refractivity contribution is 5.92. The molecule has 204 valence electrons. The zero-order valence-electron chi connectivity index (χ0n) is 21.2. The van der Waals surface area contributed by atoms with Gasteiger partial charge in [-0.05, 0) is 39.3 Å². The van der Waals surface area contributed by atoms with Crippen LogP contribution in [0.5, 0.6) is 0 Å². The number of aryl methyl sites for hydroxylation is 1. The van der Waals surface area contributed by atoms with Crippen molar-refractivity contribution in [1.82, 2.24) is 25.2 Å². The molecular formula is C24H29N5O9. The second kappa shape index (κ2) is 12.6. The molecule has 38 heavy (non-hydrogen) atoms. The minimum absolute atomic E-state index is 0.0992. The quantitative estimate of drug-likeness (QED) is 0.254. The van der Waals surface area contributed by atoms with Crippen LogP contribution < -0.4 is 5.32 Å². The van der Waals surface area contributed by atoms with E-state index in [1.54, 1.807) is 16.9 Å². The zero-order chi connectivity index (χ0) is 28.6. The summed E-state index contributed by atoms with van der Waals surface area (Å²) in [5.41, 5.74) is -0.265. The lowest BCUT2D eigenvalue weighted by Gasteiger charge is -2.18. The molecule has 3 rings (SSSR count). The van der Waals surface area contributed by atoms with Gasteiger partial charge in [-0.1, -0.05) is 29.4 Å². The Balaban J connectivity index is 0.000000332. The van der Waals surface area contributed by atoms with Crippen LogP contribution in [0, 0.1) is 6.92 Å². The van der Waals surface area contributed by atoms with Gasteiger partial charge >= 0.3 is 17.9 Å². The van der Waals surface area contributed by atoms with E-state index >= 15 is 0 Å². The van der Waals surface area contributed by atoms with Crippen molar-refractivity contribution in [3.05, 3.63) is 53.7 Å². The van der Waals surface area contributed by atoms with Crippen LogP contribution in [0.3, 0.4) is 0 Å². The largest absolute Gasteiger partial charge is 0.481 e. The molecule has 0 radical (unpaired) electrons. The van der Waals surface area contributed by atoms with E-state index in [1.807, 2.05) is 52.0 Å². The van der Waals surface area contributed by atoms with Gasteiger partial charge in [0.2, 0.25) is 11.7 Å². The molecule has 2 aromatic heterocycles. The van der Waals surface area contributed by atoms with Crippen LogP contribution in [0.1, 0.15) is 67.6 Å². The molecule has 0 saturated heterocycles. The van der Waals surface area contributed by atoms with Crippen molar-refractivity contribution < 1.29 is 44.1 Å². The van der Waals surface area contributed by atoms with E-state index in [4.69, 9.17) is 24.9 Å². The molecule has 0 spiro atoms. The average molecular weight is 532 g/mol. The van der Waals surface area contributed by atoms with E-state index in [9.17, 15) is 19.2 Å². The van der Waals surface area contributed by atoms with E-state index in [0.717, 1.165) is 11.1 Å². The smallest absolute Gasteiger partial charge is 0.336 e. The van der Waals surface area contributed by atoms with Gasteiger partial charge in [-0.3, -0.25) is 19.1 Å². The van der Waals surface area contributed by atoms with Crippen LogP contribution in [0.4, 0.5) is 0 Å². The van der Waals surface area contributed by atoms with Crippen molar-refractivity contribution in [1.29, 1.82) is 0 Å². The van der Waals surface area contributed by atoms with Gasteiger partial charge in [-0.15, -0.1) is 0 Å². The molecule has 0 fully saturated rings. The number of carbonyl (C=O) groups excluding carboxylic acids is 1. The first-order valence-electron chi connectivity index (χ1n) is 11.4. The molecule has 0 aliphatic carbocycles. The van der Waals surface area contributed by atoms with E-state index in [2.05, 4.69) is 20.6 Å². The van der Waals surface area contributed by atoms with E-state index in [0.29, 0.717) is 17.4 Å². The van der Waals surface area contributed by atoms with Crippen LogP contribution in [0.25, 0.3) is 11.4 Å². The number of aromatic nitrogens is 4. The van der Waals surface area contributed by atoms with Gasteiger partial charge in [-0.25, -0.2) is 4.79 Å². The third-order valence-electron chi connectivity index (χ3n) is 5.22. The van der Waals surface area contributed by atoms with Crippen LogP contribution in [0.2, 0.25) is 0 Å².